The molecule has 19 heavy (non-hydrogen) atoms. The van der Waals surface area contributed by atoms with E-state index in [0.29, 0.717) is 31.6 Å². The van der Waals surface area contributed by atoms with Crippen molar-refractivity contribution in [2.75, 3.05) is 25.9 Å². The van der Waals surface area contributed by atoms with Gasteiger partial charge < -0.3 is 10.5 Å². The molecule has 2 rings (SSSR count). The van der Waals surface area contributed by atoms with Gasteiger partial charge in [-0.25, -0.2) is 8.42 Å². The largest absolute Gasteiger partial charge is 0.399 e. The van der Waals surface area contributed by atoms with Crippen LogP contribution in [0.15, 0.2) is 23.1 Å². The van der Waals surface area contributed by atoms with Gasteiger partial charge in [0.25, 0.3) is 0 Å². The number of ether oxygens (including phenoxy) is 1. The second-order valence-electron chi connectivity index (χ2n) is 4.53. The number of piperidine rings is 1. The predicted molar refractivity (Wildman–Crippen MR) is 74.7 cm³/mol. The number of nitrogen functional groups attached to an aromatic ring is 1. The lowest BCUT2D eigenvalue weighted by molar-refractivity contribution is 0.0604. The summed E-state index contributed by atoms with van der Waals surface area (Å²) < 4.78 is 31.6. The Morgan fingerprint density at radius 3 is 2.53 bits per heavy atom. The van der Waals surface area contributed by atoms with Gasteiger partial charge in [-0.1, -0.05) is 11.6 Å². The number of halogens is 1. The molecule has 1 aromatic carbocycles. The first-order valence-corrected chi connectivity index (χ1v) is 7.85. The number of methoxy groups -OCH3 is 1. The van der Waals surface area contributed by atoms with Gasteiger partial charge in [-0.15, -0.1) is 0 Å². The zero-order valence-corrected chi connectivity index (χ0v) is 12.2. The third-order valence-electron chi connectivity index (χ3n) is 3.31. The minimum Gasteiger partial charge on any atom is -0.399 e. The molecular weight excluding hydrogens is 288 g/mol. The van der Waals surface area contributed by atoms with E-state index < -0.39 is 10.0 Å². The number of benzene rings is 1. The van der Waals surface area contributed by atoms with Gasteiger partial charge in [0.15, 0.2) is 0 Å². The first kappa shape index (κ1) is 14.6. The van der Waals surface area contributed by atoms with Crippen LogP contribution in [0.5, 0.6) is 0 Å². The van der Waals surface area contributed by atoms with Crippen LogP contribution in [0.4, 0.5) is 5.69 Å². The van der Waals surface area contributed by atoms with E-state index in [4.69, 9.17) is 22.1 Å². The topological polar surface area (TPSA) is 72.6 Å². The Balaban J connectivity index is 2.23. The third-order valence-corrected chi connectivity index (χ3v) is 5.69. The highest BCUT2D eigenvalue weighted by atomic mass is 35.5. The molecule has 1 fully saturated rings. The number of rotatable bonds is 3. The summed E-state index contributed by atoms with van der Waals surface area (Å²) in [7, 11) is -1.91. The molecule has 1 aromatic rings. The highest BCUT2D eigenvalue weighted by Gasteiger charge is 2.30. The standard InChI is InChI=1S/C12H17ClN2O3S/c1-18-10-4-6-15(7-5-10)19(16,17)12-3-2-9(14)8-11(12)13/h2-3,8,10H,4-7,14H2,1H3. The molecule has 1 aliphatic heterocycles. The zero-order chi connectivity index (χ0) is 14.0. The summed E-state index contributed by atoms with van der Waals surface area (Å²) in [5.74, 6) is 0. The van der Waals surface area contributed by atoms with E-state index in [-0.39, 0.29) is 16.0 Å². The Morgan fingerprint density at radius 2 is 2.00 bits per heavy atom. The van der Waals surface area contributed by atoms with E-state index in [0.717, 1.165) is 0 Å². The lowest BCUT2D eigenvalue weighted by Crippen LogP contribution is -2.40. The Hall–Kier alpha value is -0.820. The number of nitrogens with two attached hydrogens (primary N) is 1. The van der Waals surface area contributed by atoms with Crippen LogP contribution >= 0.6 is 11.6 Å². The van der Waals surface area contributed by atoms with E-state index in [1.54, 1.807) is 13.2 Å². The smallest absolute Gasteiger partial charge is 0.244 e. The molecule has 0 spiro atoms. The Bertz CT molecular complexity index is 554. The SMILES string of the molecule is COC1CCN(S(=O)(=O)c2ccc(N)cc2Cl)CC1. The fourth-order valence-electron chi connectivity index (χ4n) is 2.17. The van der Waals surface area contributed by atoms with Crippen LogP contribution in [-0.4, -0.2) is 39.0 Å². The molecule has 1 saturated heterocycles. The Kier molecular flexibility index (Phi) is 4.35. The number of nitrogens with zero attached hydrogens (tertiary/aromatic N) is 1. The zero-order valence-electron chi connectivity index (χ0n) is 10.7. The quantitative estimate of drug-likeness (QED) is 0.863. The molecule has 0 saturated carbocycles. The van der Waals surface area contributed by atoms with E-state index >= 15 is 0 Å². The molecule has 0 amide bonds. The van der Waals surface area contributed by atoms with Gasteiger partial charge in [0.1, 0.15) is 4.90 Å². The van der Waals surface area contributed by atoms with Gasteiger partial charge in [0.2, 0.25) is 10.0 Å². The van der Waals surface area contributed by atoms with Gasteiger partial charge in [-0.05, 0) is 31.0 Å². The summed E-state index contributed by atoms with van der Waals surface area (Å²) in [5, 5.41) is 0.161. The fraction of sp³-hybridized carbons (Fsp3) is 0.500. The van der Waals surface area contributed by atoms with Crippen molar-refractivity contribution in [2.45, 2.75) is 23.8 Å². The van der Waals surface area contributed by atoms with Crippen LogP contribution in [0.1, 0.15) is 12.8 Å². The number of sulfonamides is 1. The van der Waals surface area contributed by atoms with Gasteiger partial charge >= 0.3 is 0 Å². The molecule has 0 unspecified atom stereocenters. The van der Waals surface area contributed by atoms with Crippen molar-refractivity contribution in [3.05, 3.63) is 23.2 Å². The molecule has 0 radical (unpaired) electrons. The Morgan fingerprint density at radius 1 is 1.37 bits per heavy atom. The summed E-state index contributed by atoms with van der Waals surface area (Å²) in [5.41, 5.74) is 6.02. The minimum absolute atomic E-state index is 0.110. The van der Waals surface area contributed by atoms with Crippen molar-refractivity contribution in [2.24, 2.45) is 0 Å². The molecule has 7 heteroatoms. The van der Waals surface area contributed by atoms with Crippen LogP contribution in [0, 0.1) is 0 Å². The van der Waals surface area contributed by atoms with Crippen LogP contribution in [0.2, 0.25) is 5.02 Å². The molecule has 5 nitrogen and oxygen atoms in total. The van der Waals surface area contributed by atoms with E-state index in [9.17, 15) is 8.42 Å². The molecular formula is C12H17ClN2O3S. The Labute approximate surface area is 118 Å². The van der Waals surface area contributed by atoms with E-state index in [1.165, 1.54) is 16.4 Å². The van der Waals surface area contributed by atoms with Crippen LogP contribution in [0.3, 0.4) is 0 Å². The highest BCUT2D eigenvalue weighted by molar-refractivity contribution is 7.89. The number of hydrogen-bond acceptors (Lipinski definition) is 4. The van der Waals surface area contributed by atoms with Crippen LogP contribution in [-0.2, 0) is 14.8 Å². The van der Waals surface area contributed by atoms with Gasteiger partial charge in [0.05, 0.1) is 11.1 Å². The van der Waals surface area contributed by atoms with Crippen molar-refractivity contribution >= 4 is 27.3 Å². The third kappa shape index (κ3) is 3.02. The summed E-state index contributed by atoms with van der Waals surface area (Å²) in [6.45, 7) is 0.892. The molecule has 1 aliphatic rings. The molecule has 0 aromatic heterocycles. The van der Waals surface area contributed by atoms with Crippen LogP contribution < -0.4 is 5.73 Å². The highest BCUT2D eigenvalue weighted by Crippen LogP contribution is 2.28. The molecule has 0 aliphatic carbocycles. The normalized spacial score (nSPS) is 18.6. The fourth-order valence-corrected chi connectivity index (χ4v) is 4.17. The van der Waals surface area contributed by atoms with Gasteiger partial charge in [0, 0.05) is 25.9 Å². The summed E-state index contributed by atoms with van der Waals surface area (Å²) in [4.78, 5) is 0.110. The maximum atomic E-state index is 12.5. The predicted octanol–water partition coefficient (Wildman–Crippen LogP) is 1.72. The average molecular weight is 305 g/mol. The van der Waals surface area contributed by atoms with Crippen molar-refractivity contribution in [3.63, 3.8) is 0 Å². The van der Waals surface area contributed by atoms with Crippen molar-refractivity contribution in [1.29, 1.82) is 0 Å². The number of anilines is 1. The average Bonchev–Trinajstić information content (AvgIpc) is 2.38. The van der Waals surface area contributed by atoms with E-state index in [2.05, 4.69) is 0 Å². The lowest BCUT2D eigenvalue weighted by atomic mass is 10.1. The summed E-state index contributed by atoms with van der Waals surface area (Å²) in [6.07, 6.45) is 1.53. The molecule has 2 N–H and O–H groups in total. The minimum atomic E-state index is -3.55. The van der Waals surface area contributed by atoms with Crippen LogP contribution in [0.25, 0.3) is 0 Å². The van der Waals surface area contributed by atoms with Gasteiger partial charge in [-0.2, -0.15) is 4.31 Å². The summed E-state index contributed by atoms with van der Waals surface area (Å²) in [6, 6.07) is 4.45. The maximum absolute atomic E-state index is 12.5. The first-order valence-electron chi connectivity index (χ1n) is 6.03. The maximum Gasteiger partial charge on any atom is 0.244 e. The molecule has 106 valence electrons. The van der Waals surface area contributed by atoms with Crippen molar-refractivity contribution in [1.82, 2.24) is 4.31 Å². The van der Waals surface area contributed by atoms with Gasteiger partial charge in [-0.3, -0.25) is 0 Å². The number of hydrogen-bond donors (Lipinski definition) is 1. The molecule has 0 atom stereocenters. The molecule has 0 bridgehead atoms. The van der Waals surface area contributed by atoms with Crippen molar-refractivity contribution in [3.8, 4) is 0 Å². The monoisotopic (exact) mass is 304 g/mol. The lowest BCUT2D eigenvalue weighted by Gasteiger charge is -2.30. The van der Waals surface area contributed by atoms with E-state index in [1.807, 2.05) is 0 Å². The first-order chi connectivity index (χ1) is 8.95. The molecule has 1 heterocycles. The second kappa shape index (κ2) is 5.66. The van der Waals surface area contributed by atoms with Crippen molar-refractivity contribution < 1.29 is 13.2 Å². The second-order valence-corrected chi connectivity index (χ2v) is 6.84. The summed E-state index contributed by atoms with van der Waals surface area (Å²) >= 11 is 5.98.